The van der Waals surface area contributed by atoms with Crippen LogP contribution >= 0.6 is 35.3 Å². The van der Waals surface area contributed by atoms with Crippen molar-refractivity contribution in [1.82, 2.24) is 15.1 Å². The number of rotatable bonds is 5. The number of hydrogen-bond donors (Lipinski definition) is 2. The molecular weight excluding hydrogens is 473 g/mol. The number of nitrogens with two attached hydrogens (primary N) is 1. The van der Waals surface area contributed by atoms with Crippen molar-refractivity contribution in [3.8, 4) is 0 Å². The maximum atomic E-state index is 11.2. The van der Waals surface area contributed by atoms with E-state index in [0.29, 0.717) is 18.4 Å². The minimum absolute atomic E-state index is 0. The van der Waals surface area contributed by atoms with Crippen molar-refractivity contribution in [3.63, 3.8) is 0 Å². The van der Waals surface area contributed by atoms with E-state index >= 15 is 0 Å². The molecule has 8 heteroatoms. The second-order valence-electron chi connectivity index (χ2n) is 7.49. The zero-order chi connectivity index (χ0) is 18.5. The van der Waals surface area contributed by atoms with E-state index in [1.165, 1.54) is 5.56 Å². The predicted octanol–water partition coefficient (Wildman–Crippen LogP) is 2.28. The maximum absolute atomic E-state index is 11.2. The van der Waals surface area contributed by atoms with E-state index < -0.39 is 0 Å². The Morgan fingerprint density at radius 3 is 3.04 bits per heavy atom. The summed E-state index contributed by atoms with van der Waals surface area (Å²) in [6, 6.07) is 2.71. The van der Waals surface area contributed by atoms with Gasteiger partial charge in [-0.05, 0) is 49.1 Å². The SMILES string of the molecule is CN=C(NCC(C)N1CCc2sccc2C1)N1CCCC(CC(N)=O)C1.I. The lowest BCUT2D eigenvalue weighted by Gasteiger charge is -2.36. The van der Waals surface area contributed by atoms with Gasteiger partial charge >= 0.3 is 0 Å². The average Bonchev–Trinajstić information content (AvgIpc) is 3.09. The van der Waals surface area contributed by atoms with Crippen LogP contribution in [0.25, 0.3) is 0 Å². The molecule has 2 unspecified atom stereocenters. The van der Waals surface area contributed by atoms with Crippen molar-refractivity contribution in [2.75, 3.05) is 33.2 Å². The van der Waals surface area contributed by atoms with E-state index in [4.69, 9.17) is 5.73 Å². The molecule has 0 spiro atoms. The van der Waals surface area contributed by atoms with Gasteiger partial charge in [0.1, 0.15) is 0 Å². The number of carbonyl (C=O) groups excluding carboxylic acids is 1. The van der Waals surface area contributed by atoms with Gasteiger partial charge in [-0.15, -0.1) is 35.3 Å². The molecule has 2 aliphatic rings. The molecule has 2 atom stereocenters. The minimum atomic E-state index is -0.202. The number of fused-ring (bicyclic) bond motifs is 1. The Kier molecular flexibility index (Phi) is 8.81. The summed E-state index contributed by atoms with van der Waals surface area (Å²) in [6.45, 7) is 7.18. The third-order valence-electron chi connectivity index (χ3n) is 5.54. The number of guanidine groups is 1. The number of carbonyl (C=O) groups is 1. The molecule has 0 radical (unpaired) electrons. The quantitative estimate of drug-likeness (QED) is 0.366. The van der Waals surface area contributed by atoms with Crippen LogP contribution in [0.2, 0.25) is 0 Å². The lowest BCUT2D eigenvalue weighted by molar-refractivity contribution is -0.119. The molecule has 1 saturated heterocycles. The molecule has 0 aliphatic carbocycles. The predicted molar refractivity (Wildman–Crippen MR) is 123 cm³/mol. The standard InChI is InChI=1S/C19H31N5OS.HI/c1-14(23-8-5-17-16(13-23)6-9-26-17)11-22-19(21-2)24-7-3-4-15(12-24)10-18(20)25;/h6,9,14-15H,3-5,7-8,10-13H2,1-2H3,(H2,20,25)(H,21,22);1H. The Balaban J connectivity index is 0.00000261. The number of nitrogens with one attached hydrogen (secondary N) is 1. The summed E-state index contributed by atoms with van der Waals surface area (Å²) in [7, 11) is 1.84. The van der Waals surface area contributed by atoms with E-state index in [1.54, 1.807) is 4.88 Å². The molecule has 0 aromatic carbocycles. The highest BCUT2D eigenvalue weighted by molar-refractivity contribution is 14.0. The van der Waals surface area contributed by atoms with Gasteiger partial charge in [0.05, 0.1) is 0 Å². The molecule has 27 heavy (non-hydrogen) atoms. The van der Waals surface area contributed by atoms with Gasteiger partial charge in [0.2, 0.25) is 5.91 Å². The molecule has 3 N–H and O–H groups in total. The minimum Gasteiger partial charge on any atom is -0.370 e. The molecule has 152 valence electrons. The number of nitrogens with zero attached hydrogens (tertiary/aromatic N) is 3. The Bertz CT molecular complexity index is 650. The lowest BCUT2D eigenvalue weighted by Crippen LogP contribution is -2.51. The lowest BCUT2D eigenvalue weighted by atomic mass is 9.95. The normalized spacial score (nSPS) is 21.9. The number of aliphatic imine (C=N–C) groups is 1. The molecular formula is C19H32IN5OS. The largest absolute Gasteiger partial charge is 0.370 e. The Labute approximate surface area is 183 Å². The van der Waals surface area contributed by atoms with E-state index in [9.17, 15) is 4.79 Å². The van der Waals surface area contributed by atoms with Crippen LogP contribution in [0.15, 0.2) is 16.4 Å². The molecule has 1 amide bonds. The molecule has 1 aromatic heterocycles. The highest BCUT2D eigenvalue weighted by Gasteiger charge is 2.25. The first kappa shape index (κ1) is 22.4. The van der Waals surface area contributed by atoms with Crippen LogP contribution in [0.5, 0.6) is 0 Å². The summed E-state index contributed by atoms with van der Waals surface area (Å²) in [6.07, 6.45) is 3.79. The van der Waals surface area contributed by atoms with Gasteiger partial charge < -0.3 is 16.0 Å². The van der Waals surface area contributed by atoms with Crippen molar-refractivity contribution < 1.29 is 4.79 Å². The fourth-order valence-corrected chi connectivity index (χ4v) is 4.95. The van der Waals surface area contributed by atoms with Crippen molar-refractivity contribution in [2.45, 2.75) is 45.2 Å². The summed E-state index contributed by atoms with van der Waals surface area (Å²) in [5.74, 6) is 1.09. The maximum Gasteiger partial charge on any atom is 0.217 e. The van der Waals surface area contributed by atoms with Gasteiger partial charge in [-0.2, -0.15) is 0 Å². The molecule has 1 aromatic rings. The van der Waals surface area contributed by atoms with Crippen molar-refractivity contribution in [1.29, 1.82) is 0 Å². The first-order valence-corrected chi connectivity index (χ1v) is 10.5. The highest BCUT2D eigenvalue weighted by atomic mass is 127. The van der Waals surface area contributed by atoms with Crippen molar-refractivity contribution in [3.05, 3.63) is 21.9 Å². The van der Waals surface area contributed by atoms with Crippen molar-refractivity contribution in [2.24, 2.45) is 16.6 Å². The number of halogens is 1. The molecule has 3 rings (SSSR count). The average molecular weight is 505 g/mol. The number of likely N-dealkylation sites (tertiary alicyclic amines) is 1. The van der Waals surface area contributed by atoms with E-state index in [0.717, 1.165) is 57.9 Å². The Hall–Kier alpha value is -0.870. The zero-order valence-electron chi connectivity index (χ0n) is 16.3. The summed E-state index contributed by atoms with van der Waals surface area (Å²) < 4.78 is 0. The number of piperidine rings is 1. The topological polar surface area (TPSA) is 74.0 Å². The number of hydrogen-bond acceptors (Lipinski definition) is 4. The van der Waals surface area contributed by atoms with Crippen LogP contribution in [0, 0.1) is 5.92 Å². The number of primary amides is 1. The Morgan fingerprint density at radius 2 is 2.30 bits per heavy atom. The van der Waals surface area contributed by atoms with Crippen LogP contribution in [-0.2, 0) is 17.8 Å². The number of thiophene rings is 1. The van der Waals surface area contributed by atoms with Gasteiger partial charge in [-0.1, -0.05) is 0 Å². The summed E-state index contributed by atoms with van der Waals surface area (Å²) >= 11 is 1.88. The van der Waals surface area contributed by atoms with Crippen LogP contribution in [0.1, 0.15) is 36.6 Å². The van der Waals surface area contributed by atoms with Gasteiger partial charge in [0.15, 0.2) is 5.96 Å². The number of amides is 1. The second-order valence-corrected chi connectivity index (χ2v) is 8.49. The van der Waals surface area contributed by atoms with E-state index in [-0.39, 0.29) is 29.9 Å². The fraction of sp³-hybridized carbons (Fsp3) is 0.684. The van der Waals surface area contributed by atoms with Gasteiger partial charge in [-0.25, -0.2) is 0 Å². The highest BCUT2D eigenvalue weighted by Crippen LogP contribution is 2.25. The zero-order valence-corrected chi connectivity index (χ0v) is 19.5. The van der Waals surface area contributed by atoms with Crippen LogP contribution in [0.4, 0.5) is 0 Å². The Morgan fingerprint density at radius 1 is 1.48 bits per heavy atom. The summed E-state index contributed by atoms with van der Waals surface area (Å²) in [4.78, 5) is 22.1. The van der Waals surface area contributed by atoms with Gasteiger partial charge in [0, 0.05) is 57.1 Å². The van der Waals surface area contributed by atoms with Crippen LogP contribution < -0.4 is 11.1 Å². The van der Waals surface area contributed by atoms with Gasteiger partial charge in [0.25, 0.3) is 0 Å². The first-order chi connectivity index (χ1) is 12.6. The summed E-state index contributed by atoms with van der Waals surface area (Å²) in [5, 5.41) is 5.75. The molecule has 3 heterocycles. The molecule has 6 nitrogen and oxygen atoms in total. The first-order valence-electron chi connectivity index (χ1n) is 9.60. The van der Waals surface area contributed by atoms with Crippen LogP contribution in [0.3, 0.4) is 0 Å². The monoisotopic (exact) mass is 505 g/mol. The van der Waals surface area contributed by atoms with E-state index in [1.807, 2.05) is 18.4 Å². The third-order valence-corrected chi connectivity index (χ3v) is 6.56. The smallest absolute Gasteiger partial charge is 0.217 e. The molecule has 2 aliphatic heterocycles. The fourth-order valence-electron chi connectivity index (χ4n) is 4.06. The summed E-state index contributed by atoms with van der Waals surface area (Å²) in [5.41, 5.74) is 6.87. The van der Waals surface area contributed by atoms with Crippen molar-refractivity contribution >= 4 is 47.2 Å². The molecule has 0 saturated carbocycles. The molecule has 1 fully saturated rings. The van der Waals surface area contributed by atoms with Gasteiger partial charge in [-0.3, -0.25) is 14.7 Å². The molecule has 0 bridgehead atoms. The third kappa shape index (κ3) is 6.05. The second kappa shape index (κ2) is 10.6. The van der Waals surface area contributed by atoms with E-state index in [2.05, 4.69) is 38.5 Å². The van der Waals surface area contributed by atoms with Crippen LogP contribution in [-0.4, -0.2) is 60.9 Å².